The highest BCUT2D eigenvalue weighted by Gasteiger charge is 1.99. The molecule has 3 heteroatoms. The van der Waals surface area contributed by atoms with Crippen LogP contribution in [0.5, 0.6) is 0 Å². The van der Waals surface area contributed by atoms with Gasteiger partial charge in [0, 0.05) is 0 Å². The normalized spacial score (nSPS) is 9.09. The van der Waals surface area contributed by atoms with Gasteiger partial charge in [-0.2, -0.15) is 0 Å². The first-order valence-corrected chi connectivity index (χ1v) is 3.04. The maximum atomic E-state index is 10.4. The number of carbonyl (C=O) groups is 1. The summed E-state index contributed by atoms with van der Waals surface area (Å²) in [6.45, 7) is 3.31. The van der Waals surface area contributed by atoms with Crippen LogP contribution in [0, 0.1) is 0 Å². The van der Waals surface area contributed by atoms with E-state index in [1.165, 1.54) is 12.1 Å². The maximum absolute atomic E-state index is 10.4. The molecule has 11 heavy (non-hydrogen) atoms. The molecule has 0 aromatic heterocycles. The van der Waals surface area contributed by atoms with Crippen molar-refractivity contribution < 1.29 is 9.90 Å². The minimum Gasteiger partial charge on any atom is -0.478 e. The summed E-state index contributed by atoms with van der Waals surface area (Å²) in [4.78, 5) is 14.0. The van der Waals surface area contributed by atoms with Crippen LogP contribution in [0.2, 0.25) is 0 Å². The van der Waals surface area contributed by atoms with Crippen LogP contribution in [0.25, 0.3) is 0 Å². The minimum absolute atomic E-state index is 0.261. The van der Waals surface area contributed by atoms with Crippen molar-refractivity contribution in [2.45, 2.75) is 0 Å². The third kappa shape index (κ3) is 1.64. The van der Waals surface area contributed by atoms with Crippen LogP contribution >= 0.6 is 0 Å². The molecule has 0 aliphatic carbocycles. The second-order valence-electron chi connectivity index (χ2n) is 2.01. The van der Waals surface area contributed by atoms with E-state index in [-0.39, 0.29) is 5.56 Å². The van der Waals surface area contributed by atoms with E-state index in [1.807, 2.05) is 0 Å². The number of nitrogens with zero attached hydrogens (tertiary/aromatic N) is 1. The molecule has 0 amide bonds. The van der Waals surface area contributed by atoms with Crippen molar-refractivity contribution in [1.29, 1.82) is 0 Å². The van der Waals surface area contributed by atoms with E-state index in [9.17, 15) is 4.79 Å². The van der Waals surface area contributed by atoms with Gasteiger partial charge >= 0.3 is 5.97 Å². The zero-order chi connectivity index (χ0) is 8.27. The van der Waals surface area contributed by atoms with E-state index >= 15 is 0 Å². The number of benzene rings is 1. The minimum atomic E-state index is -0.930. The quantitative estimate of drug-likeness (QED) is 0.651. The molecular weight excluding hydrogens is 142 g/mol. The summed E-state index contributed by atoms with van der Waals surface area (Å²) in [5.74, 6) is -0.930. The van der Waals surface area contributed by atoms with Gasteiger partial charge in [-0.3, -0.25) is 4.99 Å². The van der Waals surface area contributed by atoms with Crippen molar-refractivity contribution in [2.24, 2.45) is 4.99 Å². The van der Waals surface area contributed by atoms with E-state index in [0.29, 0.717) is 5.69 Å². The lowest BCUT2D eigenvalue weighted by molar-refractivity contribution is 0.0697. The Labute approximate surface area is 64.0 Å². The molecule has 1 N–H and O–H groups in total. The Morgan fingerprint density at radius 2 is 1.91 bits per heavy atom. The lowest BCUT2D eigenvalue weighted by Gasteiger charge is -1.93. The van der Waals surface area contributed by atoms with E-state index in [1.54, 1.807) is 12.1 Å². The summed E-state index contributed by atoms with van der Waals surface area (Å²) in [5, 5.41) is 8.50. The fourth-order valence-electron chi connectivity index (χ4n) is 0.709. The van der Waals surface area contributed by atoms with Crippen molar-refractivity contribution in [3.63, 3.8) is 0 Å². The highest BCUT2D eigenvalue weighted by atomic mass is 16.4. The van der Waals surface area contributed by atoms with E-state index in [4.69, 9.17) is 5.11 Å². The Balaban J connectivity index is 3.00. The molecule has 56 valence electrons. The van der Waals surface area contributed by atoms with Gasteiger partial charge in [0.15, 0.2) is 0 Å². The van der Waals surface area contributed by atoms with Gasteiger partial charge in [-0.25, -0.2) is 4.79 Å². The van der Waals surface area contributed by atoms with Crippen molar-refractivity contribution in [1.82, 2.24) is 0 Å². The second kappa shape index (κ2) is 2.96. The monoisotopic (exact) mass is 149 g/mol. The number of aliphatic imine (C=N–C) groups is 1. The first-order chi connectivity index (χ1) is 5.24. The van der Waals surface area contributed by atoms with E-state index in [0.717, 1.165) is 0 Å². The molecule has 0 saturated carbocycles. The average molecular weight is 149 g/mol. The molecule has 1 rings (SSSR count). The SMILES string of the molecule is C=Nc1ccc(C(=O)O)cc1. The molecule has 0 aliphatic heterocycles. The first kappa shape index (κ1) is 7.47. The van der Waals surface area contributed by atoms with E-state index in [2.05, 4.69) is 11.7 Å². The third-order valence-electron chi connectivity index (χ3n) is 1.30. The zero-order valence-corrected chi connectivity index (χ0v) is 5.82. The number of aromatic carboxylic acids is 1. The lowest BCUT2D eigenvalue weighted by Crippen LogP contribution is -1.93. The van der Waals surface area contributed by atoms with Crippen LogP contribution in [-0.2, 0) is 0 Å². The Morgan fingerprint density at radius 1 is 1.36 bits per heavy atom. The molecular formula is C8H7NO2. The van der Waals surface area contributed by atoms with Crippen LogP contribution in [0.4, 0.5) is 5.69 Å². The average Bonchev–Trinajstić information content (AvgIpc) is 2.05. The molecule has 0 bridgehead atoms. The zero-order valence-electron chi connectivity index (χ0n) is 5.82. The summed E-state index contributed by atoms with van der Waals surface area (Å²) in [5.41, 5.74) is 0.937. The highest BCUT2D eigenvalue weighted by molar-refractivity contribution is 5.87. The number of hydrogen-bond donors (Lipinski definition) is 1. The van der Waals surface area contributed by atoms with Crippen molar-refractivity contribution in [3.05, 3.63) is 29.8 Å². The molecule has 1 aromatic rings. The Bertz CT molecular complexity index is 277. The van der Waals surface area contributed by atoms with Gasteiger partial charge in [0.1, 0.15) is 0 Å². The fourth-order valence-corrected chi connectivity index (χ4v) is 0.709. The predicted molar refractivity (Wildman–Crippen MR) is 42.6 cm³/mol. The van der Waals surface area contributed by atoms with Gasteiger partial charge in [-0.1, -0.05) is 0 Å². The molecule has 3 nitrogen and oxygen atoms in total. The smallest absolute Gasteiger partial charge is 0.335 e. The van der Waals surface area contributed by atoms with Crippen LogP contribution in [0.1, 0.15) is 10.4 Å². The predicted octanol–water partition coefficient (Wildman–Crippen LogP) is 1.72. The lowest BCUT2D eigenvalue weighted by atomic mass is 10.2. The largest absolute Gasteiger partial charge is 0.478 e. The van der Waals surface area contributed by atoms with Crippen LogP contribution in [0.15, 0.2) is 29.3 Å². The molecule has 0 atom stereocenters. The summed E-state index contributed by atoms with van der Waals surface area (Å²) in [6.07, 6.45) is 0. The number of rotatable bonds is 2. The topological polar surface area (TPSA) is 49.7 Å². The first-order valence-electron chi connectivity index (χ1n) is 3.04. The number of carboxylic acids is 1. The molecule has 1 aromatic carbocycles. The standard InChI is InChI=1S/C8H7NO2/c1-9-7-4-2-6(3-5-7)8(10)11/h2-5H,1H2,(H,10,11). The van der Waals surface area contributed by atoms with Gasteiger partial charge < -0.3 is 5.11 Å². The number of carboxylic acid groups (broad SMARTS) is 1. The Hall–Kier alpha value is -1.64. The summed E-state index contributed by atoms with van der Waals surface area (Å²) in [6, 6.07) is 6.20. The van der Waals surface area contributed by atoms with E-state index < -0.39 is 5.97 Å². The van der Waals surface area contributed by atoms with Crippen LogP contribution < -0.4 is 0 Å². The number of hydrogen-bond acceptors (Lipinski definition) is 2. The molecule has 0 aliphatic rings. The van der Waals surface area contributed by atoms with Crippen LogP contribution in [0.3, 0.4) is 0 Å². The molecule has 0 spiro atoms. The van der Waals surface area contributed by atoms with Gasteiger partial charge in [0.2, 0.25) is 0 Å². The van der Waals surface area contributed by atoms with Gasteiger partial charge in [0.05, 0.1) is 11.3 Å². The highest BCUT2D eigenvalue weighted by Crippen LogP contribution is 2.11. The fraction of sp³-hybridized carbons (Fsp3) is 0. The van der Waals surface area contributed by atoms with Crippen LogP contribution in [-0.4, -0.2) is 17.8 Å². The van der Waals surface area contributed by atoms with Gasteiger partial charge in [-0.05, 0) is 31.0 Å². The Kier molecular flexibility index (Phi) is 2.01. The van der Waals surface area contributed by atoms with Gasteiger partial charge in [0.25, 0.3) is 0 Å². The molecule has 0 unspecified atom stereocenters. The summed E-state index contributed by atoms with van der Waals surface area (Å²) < 4.78 is 0. The molecule has 0 saturated heterocycles. The molecule has 0 fully saturated rings. The molecule has 0 heterocycles. The van der Waals surface area contributed by atoms with Crippen molar-refractivity contribution in [3.8, 4) is 0 Å². The Morgan fingerprint density at radius 3 is 2.27 bits per heavy atom. The second-order valence-corrected chi connectivity index (χ2v) is 2.01. The van der Waals surface area contributed by atoms with Gasteiger partial charge in [-0.15, -0.1) is 0 Å². The van der Waals surface area contributed by atoms with Crippen molar-refractivity contribution >= 4 is 18.4 Å². The maximum Gasteiger partial charge on any atom is 0.335 e. The summed E-state index contributed by atoms with van der Waals surface area (Å²) >= 11 is 0. The van der Waals surface area contributed by atoms with Crippen molar-refractivity contribution in [2.75, 3.05) is 0 Å². The third-order valence-corrected chi connectivity index (χ3v) is 1.30. The molecule has 0 radical (unpaired) electrons. The summed E-state index contributed by atoms with van der Waals surface area (Å²) in [7, 11) is 0.